The number of benzene rings is 1. The van der Waals surface area contributed by atoms with Crippen LogP contribution in [0.4, 0.5) is 4.39 Å². The van der Waals surface area contributed by atoms with Gasteiger partial charge < -0.3 is 20.6 Å². The van der Waals surface area contributed by atoms with Crippen molar-refractivity contribution in [2.45, 2.75) is 25.9 Å². The highest BCUT2D eigenvalue weighted by Gasteiger charge is 2.29. The number of nitrogens with two attached hydrogens (primary N) is 1. The van der Waals surface area contributed by atoms with Crippen LogP contribution in [-0.4, -0.2) is 41.7 Å². The second-order valence-electron chi connectivity index (χ2n) is 5.82. The number of halogens is 1. The molecule has 1 aromatic heterocycles. The molecule has 2 aromatic rings. The summed E-state index contributed by atoms with van der Waals surface area (Å²) in [6.07, 6.45) is 6.05. The summed E-state index contributed by atoms with van der Waals surface area (Å²) in [6, 6.07) is 4.56. The number of hydrogen-bond acceptors (Lipinski definition) is 4. The van der Waals surface area contributed by atoms with Gasteiger partial charge in [0, 0.05) is 66.7 Å². The van der Waals surface area contributed by atoms with Crippen molar-refractivity contribution in [2.75, 3.05) is 19.8 Å². The molecule has 1 aliphatic heterocycles. The molecule has 5 nitrogen and oxygen atoms in total. The molecule has 0 radical (unpaired) electrons. The molecule has 0 bridgehead atoms. The summed E-state index contributed by atoms with van der Waals surface area (Å²) < 4.78 is 18.5. The maximum absolute atomic E-state index is 13.3. The third-order valence-corrected chi connectivity index (χ3v) is 4.17. The van der Waals surface area contributed by atoms with Gasteiger partial charge in [0.1, 0.15) is 5.82 Å². The first kappa shape index (κ1) is 18.2. The number of nitrogens with zero attached hydrogens (tertiary/aromatic N) is 1. The maximum atomic E-state index is 13.3. The van der Waals surface area contributed by atoms with Crippen molar-refractivity contribution in [2.24, 2.45) is 10.7 Å². The van der Waals surface area contributed by atoms with Gasteiger partial charge in [0.2, 0.25) is 0 Å². The van der Waals surface area contributed by atoms with E-state index in [4.69, 9.17) is 10.5 Å². The fraction of sp³-hybridized carbons (Fsp3) is 0.389. The van der Waals surface area contributed by atoms with Crippen LogP contribution in [-0.2, 0) is 4.74 Å². The smallest absolute Gasteiger partial charge is 0.125 e. The lowest BCUT2D eigenvalue weighted by Crippen LogP contribution is -2.38. The van der Waals surface area contributed by atoms with Crippen molar-refractivity contribution < 1.29 is 14.2 Å². The highest BCUT2D eigenvalue weighted by Crippen LogP contribution is 2.25. The molecular formula is C18H24FN3O2. The SMILES string of the molecule is C.NC=C(C=NCC1(O)CCOCC1)c1c[nH]c2cc(F)ccc12. The molecule has 6 heteroatoms. The normalized spacial score (nSPS) is 18.0. The number of aliphatic hydroxyl groups is 1. The average molecular weight is 333 g/mol. The van der Waals surface area contributed by atoms with Crippen molar-refractivity contribution in [3.05, 3.63) is 42.0 Å². The Morgan fingerprint density at radius 2 is 2.17 bits per heavy atom. The Bertz CT molecular complexity index is 746. The van der Waals surface area contributed by atoms with E-state index in [9.17, 15) is 9.50 Å². The van der Waals surface area contributed by atoms with Gasteiger partial charge in [0.15, 0.2) is 0 Å². The Hall–Kier alpha value is -2.18. The minimum atomic E-state index is -0.808. The first-order valence-electron chi connectivity index (χ1n) is 7.60. The van der Waals surface area contributed by atoms with Gasteiger partial charge in [0.25, 0.3) is 0 Å². The van der Waals surface area contributed by atoms with Gasteiger partial charge in [-0.25, -0.2) is 4.39 Å². The van der Waals surface area contributed by atoms with Crippen LogP contribution in [0.5, 0.6) is 0 Å². The van der Waals surface area contributed by atoms with Crippen molar-refractivity contribution in [3.8, 4) is 0 Å². The molecule has 0 spiro atoms. The summed E-state index contributed by atoms with van der Waals surface area (Å²) in [4.78, 5) is 7.38. The molecule has 1 aromatic carbocycles. The number of aromatic nitrogens is 1. The Kier molecular flexibility index (Phi) is 5.75. The lowest BCUT2D eigenvalue weighted by molar-refractivity contribution is -0.0564. The van der Waals surface area contributed by atoms with Gasteiger partial charge in [-0.05, 0) is 18.2 Å². The standard InChI is InChI=1S/C17H20FN3O2.CH4/c18-13-1-2-14-15(10-21-16(14)7-13)12(8-19)9-20-11-17(22)3-5-23-6-4-17;/h1-2,7-10,21-22H,3-6,11,19H2;1H4. The topological polar surface area (TPSA) is 83.6 Å². The Labute approximate surface area is 141 Å². The lowest BCUT2D eigenvalue weighted by Gasteiger charge is -2.30. The van der Waals surface area contributed by atoms with Crippen LogP contribution in [0.3, 0.4) is 0 Å². The summed E-state index contributed by atoms with van der Waals surface area (Å²) in [5, 5.41) is 11.3. The molecule has 1 fully saturated rings. The van der Waals surface area contributed by atoms with E-state index in [-0.39, 0.29) is 13.2 Å². The molecule has 1 saturated heterocycles. The fourth-order valence-corrected chi connectivity index (χ4v) is 2.76. The van der Waals surface area contributed by atoms with Crippen LogP contribution in [0.15, 0.2) is 35.6 Å². The number of fused-ring (bicyclic) bond motifs is 1. The van der Waals surface area contributed by atoms with Crippen LogP contribution in [0, 0.1) is 5.82 Å². The molecule has 4 N–H and O–H groups in total. The van der Waals surface area contributed by atoms with Crippen LogP contribution < -0.4 is 5.73 Å². The van der Waals surface area contributed by atoms with Crippen LogP contribution in [0.1, 0.15) is 25.8 Å². The van der Waals surface area contributed by atoms with E-state index >= 15 is 0 Å². The number of nitrogens with one attached hydrogen (secondary N) is 1. The number of aromatic amines is 1. The molecule has 0 aliphatic carbocycles. The highest BCUT2D eigenvalue weighted by atomic mass is 19.1. The van der Waals surface area contributed by atoms with Crippen molar-refractivity contribution in [3.63, 3.8) is 0 Å². The minimum Gasteiger partial charge on any atom is -0.404 e. The number of hydrogen-bond donors (Lipinski definition) is 3. The molecular weight excluding hydrogens is 309 g/mol. The zero-order valence-corrected chi connectivity index (χ0v) is 12.8. The summed E-state index contributed by atoms with van der Waals surface area (Å²) in [5.74, 6) is -0.292. The van der Waals surface area contributed by atoms with Crippen molar-refractivity contribution >= 4 is 22.7 Å². The molecule has 130 valence electrons. The van der Waals surface area contributed by atoms with E-state index in [1.165, 1.54) is 18.3 Å². The first-order valence-corrected chi connectivity index (χ1v) is 7.60. The van der Waals surface area contributed by atoms with Gasteiger partial charge in [-0.15, -0.1) is 0 Å². The second-order valence-corrected chi connectivity index (χ2v) is 5.82. The Balaban J connectivity index is 0.00000208. The summed E-state index contributed by atoms with van der Waals surface area (Å²) in [7, 11) is 0. The predicted octanol–water partition coefficient (Wildman–Crippen LogP) is 2.86. The predicted molar refractivity (Wildman–Crippen MR) is 95.5 cm³/mol. The second kappa shape index (κ2) is 7.59. The van der Waals surface area contributed by atoms with Gasteiger partial charge in [-0.2, -0.15) is 0 Å². The monoisotopic (exact) mass is 333 g/mol. The van der Waals surface area contributed by atoms with E-state index < -0.39 is 5.60 Å². The third kappa shape index (κ3) is 3.83. The molecule has 0 amide bonds. The van der Waals surface area contributed by atoms with Crippen LogP contribution in [0.25, 0.3) is 16.5 Å². The Morgan fingerprint density at radius 3 is 2.88 bits per heavy atom. The summed E-state index contributed by atoms with van der Waals surface area (Å²) in [6.45, 7) is 1.42. The lowest BCUT2D eigenvalue weighted by atomic mass is 9.95. The summed E-state index contributed by atoms with van der Waals surface area (Å²) in [5.41, 5.74) is 7.18. The molecule has 0 saturated carbocycles. The number of rotatable bonds is 4. The van der Waals surface area contributed by atoms with Gasteiger partial charge in [-0.3, -0.25) is 4.99 Å². The molecule has 24 heavy (non-hydrogen) atoms. The third-order valence-electron chi connectivity index (χ3n) is 4.17. The van der Waals surface area contributed by atoms with Crippen molar-refractivity contribution in [1.29, 1.82) is 0 Å². The van der Waals surface area contributed by atoms with E-state index in [1.807, 2.05) is 0 Å². The quantitative estimate of drug-likeness (QED) is 0.752. The van der Waals surface area contributed by atoms with E-state index in [1.54, 1.807) is 18.5 Å². The molecule has 0 atom stereocenters. The average Bonchev–Trinajstić information content (AvgIpc) is 2.95. The molecule has 2 heterocycles. The maximum Gasteiger partial charge on any atom is 0.125 e. The van der Waals surface area contributed by atoms with Gasteiger partial charge in [-0.1, -0.05) is 7.43 Å². The van der Waals surface area contributed by atoms with E-state index in [2.05, 4.69) is 9.98 Å². The number of ether oxygens (including phenoxy) is 1. The number of aliphatic imine (C=N–C) groups is 1. The van der Waals surface area contributed by atoms with E-state index in [0.717, 1.165) is 16.5 Å². The van der Waals surface area contributed by atoms with Gasteiger partial charge in [0.05, 0.1) is 12.1 Å². The fourth-order valence-electron chi connectivity index (χ4n) is 2.76. The number of H-pyrrole nitrogens is 1. The molecule has 0 unspecified atom stereocenters. The van der Waals surface area contributed by atoms with Crippen molar-refractivity contribution in [1.82, 2.24) is 4.98 Å². The van der Waals surface area contributed by atoms with Gasteiger partial charge >= 0.3 is 0 Å². The zero-order chi connectivity index (χ0) is 16.3. The zero-order valence-electron chi connectivity index (χ0n) is 12.8. The largest absolute Gasteiger partial charge is 0.404 e. The van der Waals surface area contributed by atoms with Crippen LogP contribution in [0.2, 0.25) is 0 Å². The molecule has 1 aliphatic rings. The summed E-state index contributed by atoms with van der Waals surface area (Å²) >= 11 is 0. The minimum absolute atomic E-state index is 0. The molecule has 3 rings (SSSR count). The van der Waals surface area contributed by atoms with E-state index in [0.29, 0.717) is 38.1 Å². The highest BCUT2D eigenvalue weighted by molar-refractivity contribution is 6.14. The Morgan fingerprint density at radius 1 is 1.42 bits per heavy atom. The number of allylic oxidation sites excluding steroid dienone is 1. The van der Waals surface area contributed by atoms with Crippen LogP contribution >= 0.6 is 0 Å². The first-order chi connectivity index (χ1) is 11.1.